The molecule has 0 saturated heterocycles. The standard InChI is InChI=1S/C4H2F2NS.3C4H9.Sn/c5-4(6)3-1-2-8-7-3;3*1-3-4-2;/h1,4H;3*1,3-4H2,2H3;. The third kappa shape index (κ3) is 5.77. The van der Waals surface area contributed by atoms with Gasteiger partial charge in [-0.1, -0.05) is 0 Å². The number of nitrogens with zero attached hydrogens (tertiary/aromatic N) is 1. The van der Waals surface area contributed by atoms with E-state index in [-0.39, 0.29) is 5.69 Å². The van der Waals surface area contributed by atoms with Crippen molar-refractivity contribution in [1.82, 2.24) is 4.37 Å². The van der Waals surface area contributed by atoms with Crippen LogP contribution in [0.25, 0.3) is 0 Å². The summed E-state index contributed by atoms with van der Waals surface area (Å²) >= 11 is -1.11. The number of hydrogen-bond donors (Lipinski definition) is 0. The van der Waals surface area contributed by atoms with E-state index in [1.165, 1.54) is 66.3 Å². The molecular formula is C16H29F2NSSn. The third-order valence-corrected chi connectivity index (χ3v) is 23.2. The Morgan fingerprint density at radius 1 is 1.00 bits per heavy atom. The summed E-state index contributed by atoms with van der Waals surface area (Å²) in [6.07, 6.45) is 4.97. The number of halogens is 2. The Balaban J connectivity index is 3.03. The summed E-state index contributed by atoms with van der Waals surface area (Å²) in [5.74, 6) is 0. The van der Waals surface area contributed by atoms with Gasteiger partial charge in [0.1, 0.15) is 0 Å². The van der Waals surface area contributed by atoms with Crippen molar-refractivity contribution in [2.24, 2.45) is 0 Å². The van der Waals surface area contributed by atoms with Crippen LogP contribution in [0, 0.1) is 0 Å². The van der Waals surface area contributed by atoms with Gasteiger partial charge >= 0.3 is 137 Å². The fourth-order valence-electron chi connectivity index (χ4n) is 2.93. The topological polar surface area (TPSA) is 12.9 Å². The molecular weight excluding hydrogens is 395 g/mol. The Morgan fingerprint density at radius 2 is 1.48 bits per heavy atom. The van der Waals surface area contributed by atoms with E-state index in [2.05, 4.69) is 25.1 Å². The summed E-state index contributed by atoms with van der Waals surface area (Å²) in [5, 5.41) is 0. The molecule has 0 aliphatic heterocycles. The molecule has 0 spiro atoms. The van der Waals surface area contributed by atoms with E-state index in [1.54, 1.807) is 6.07 Å². The third-order valence-electron chi connectivity index (χ3n) is 4.30. The molecule has 0 N–H and O–H groups in total. The Hall–Kier alpha value is 0.289. The molecule has 0 radical (unpaired) electrons. The number of alkyl halides is 2. The van der Waals surface area contributed by atoms with Gasteiger partial charge in [0.25, 0.3) is 0 Å². The van der Waals surface area contributed by atoms with Gasteiger partial charge in [0.2, 0.25) is 0 Å². The number of aromatic nitrogens is 1. The van der Waals surface area contributed by atoms with Crippen LogP contribution >= 0.6 is 11.5 Å². The number of rotatable bonds is 11. The van der Waals surface area contributed by atoms with Gasteiger partial charge in [-0.05, 0) is 0 Å². The molecule has 1 aromatic heterocycles. The summed E-state index contributed by atoms with van der Waals surface area (Å²) in [4.78, 5) is 0. The summed E-state index contributed by atoms with van der Waals surface area (Å²) in [6.45, 7) is 6.69. The molecule has 0 amide bonds. The summed E-state index contributed by atoms with van der Waals surface area (Å²) < 4.78 is 35.1. The van der Waals surface area contributed by atoms with Crippen molar-refractivity contribution in [2.45, 2.75) is 79.0 Å². The molecule has 0 aliphatic rings. The van der Waals surface area contributed by atoms with Crippen molar-refractivity contribution in [3.63, 3.8) is 0 Å². The van der Waals surface area contributed by atoms with Crippen molar-refractivity contribution < 1.29 is 8.78 Å². The van der Waals surface area contributed by atoms with Crippen LogP contribution in [0.4, 0.5) is 8.78 Å². The van der Waals surface area contributed by atoms with Gasteiger partial charge in [0.05, 0.1) is 0 Å². The molecule has 0 fully saturated rings. The fourth-order valence-corrected chi connectivity index (χ4v) is 22.1. The molecule has 0 aliphatic carbocycles. The quantitative estimate of drug-likeness (QED) is 0.389. The normalized spacial score (nSPS) is 12.3. The minimum atomic E-state index is -2.51. The van der Waals surface area contributed by atoms with Gasteiger partial charge in [-0.15, -0.1) is 0 Å². The van der Waals surface area contributed by atoms with Crippen LogP contribution in [0.5, 0.6) is 0 Å². The molecule has 0 saturated carbocycles. The predicted molar refractivity (Wildman–Crippen MR) is 91.6 cm³/mol. The van der Waals surface area contributed by atoms with E-state index in [1.807, 2.05) is 0 Å². The molecule has 0 aromatic carbocycles. The van der Waals surface area contributed by atoms with Gasteiger partial charge in [0.15, 0.2) is 0 Å². The van der Waals surface area contributed by atoms with Gasteiger partial charge in [-0.2, -0.15) is 0 Å². The van der Waals surface area contributed by atoms with Crippen LogP contribution in [0.3, 0.4) is 0 Å². The molecule has 5 heteroatoms. The van der Waals surface area contributed by atoms with Crippen LogP contribution in [-0.4, -0.2) is 22.8 Å². The molecule has 1 rings (SSSR count). The Kier molecular flexibility index (Phi) is 9.33. The van der Waals surface area contributed by atoms with E-state index in [4.69, 9.17) is 0 Å². The molecule has 122 valence electrons. The van der Waals surface area contributed by atoms with E-state index in [0.29, 0.717) is 0 Å². The second-order valence-electron chi connectivity index (χ2n) is 6.01. The zero-order chi connectivity index (χ0) is 15.7. The monoisotopic (exact) mass is 425 g/mol. The van der Waals surface area contributed by atoms with Gasteiger partial charge < -0.3 is 0 Å². The van der Waals surface area contributed by atoms with Crippen molar-refractivity contribution in [3.05, 3.63) is 11.8 Å². The first-order chi connectivity index (χ1) is 10.1. The van der Waals surface area contributed by atoms with E-state index in [9.17, 15) is 8.78 Å². The first kappa shape index (κ1) is 19.3. The van der Waals surface area contributed by atoms with Crippen molar-refractivity contribution >= 4 is 32.8 Å². The van der Waals surface area contributed by atoms with Crippen molar-refractivity contribution in [1.29, 1.82) is 0 Å². The Morgan fingerprint density at radius 3 is 1.81 bits per heavy atom. The maximum absolute atomic E-state index is 12.9. The average Bonchev–Trinajstić information content (AvgIpc) is 2.97. The second kappa shape index (κ2) is 10.1. The van der Waals surface area contributed by atoms with Crippen LogP contribution in [0.15, 0.2) is 6.07 Å². The summed E-state index contributed by atoms with van der Waals surface area (Å²) in [5.41, 5.74) is 0.0144. The Labute approximate surface area is 136 Å². The first-order valence-electron chi connectivity index (χ1n) is 8.34. The zero-order valence-electron chi connectivity index (χ0n) is 13.6. The van der Waals surface area contributed by atoms with Crippen LogP contribution in [0.1, 0.15) is 71.4 Å². The van der Waals surface area contributed by atoms with Crippen LogP contribution in [0.2, 0.25) is 13.3 Å². The van der Waals surface area contributed by atoms with Crippen LogP contribution in [-0.2, 0) is 0 Å². The molecule has 0 bridgehead atoms. The molecule has 0 atom stereocenters. The second-order valence-corrected chi connectivity index (χ2v) is 21.0. The van der Waals surface area contributed by atoms with Gasteiger partial charge in [-0.25, -0.2) is 0 Å². The molecule has 1 nitrogen and oxygen atoms in total. The molecule has 21 heavy (non-hydrogen) atoms. The van der Waals surface area contributed by atoms with Crippen molar-refractivity contribution in [2.75, 3.05) is 0 Å². The maximum atomic E-state index is 12.9. The molecule has 0 unspecified atom stereocenters. The van der Waals surface area contributed by atoms with E-state index >= 15 is 0 Å². The Bertz CT molecular complexity index is 374. The fraction of sp³-hybridized carbons (Fsp3) is 0.812. The van der Waals surface area contributed by atoms with Gasteiger partial charge in [-0.3, -0.25) is 0 Å². The van der Waals surface area contributed by atoms with Crippen LogP contribution < -0.4 is 2.89 Å². The first-order valence-corrected chi connectivity index (χ1v) is 16.6. The number of unbranched alkanes of at least 4 members (excludes halogenated alkanes) is 3. The molecule has 1 aromatic rings. The zero-order valence-corrected chi connectivity index (χ0v) is 17.3. The minimum absolute atomic E-state index is 0.0144. The van der Waals surface area contributed by atoms with Crippen molar-refractivity contribution in [3.8, 4) is 0 Å². The number of hydrogen-bond acceptors (Lipinski definition) is 2. The average molecular weight is 424 g/mol. The SMILES string of the molecule is CCC[CH2][Sn]([CH2]CCC)([CH2]CCC)[c]1cc(C(F)F)ns1. The summed E-state index contributed by atoms with van der Waals surface area (Å²) in [6, 6.07) is 1.77. The van der Waals surface area contributed by atoms with E-state index < -0.39 is 24.8 Å². The molecule has 1 heterocycles. The predicted octanol–water partition coefficient (Wildman–Crippen LogP) is 6.14. The van der Waals surface area contributed by atoms with Gasteiger partial charge in [0, 0.05) is 0 Å². The van der Waals surface area contributed by atoms with E-state index in [0.717, 1.165) is 0 Å². The summed E-state index contributed by atoms with van der Waals surface area (Å²) in [7, 11) is 0.